The minimum atomic E-state index is -0.430. The van der Waals surface area contributed by atoms with Gasteiger partial charge in [0.2, 0.25) is 0 Å². The van der Waals surface area contributed by atoms with Crippen molar-refractivity contribution in [3.05, 3.63) is 11.8 Å². The van der Waals surface area contributed by atoms with Gasteiger partial charge in [-0.1, -0.05) is 13.0 Å². The van der Waals surface area contributed by atoms with Crippen LogP contribution in [0.25, 0.3) is 0 Å². The van der Waals surface area contributed by atoms with Crippen LogP contribution >= 0.6 is 0 Å². The number of aliphatic imine (C=N–C) groups is 1. The molecule has 0 unspecified atom stereocenters. The van der Waals surface area contributed by atoms with Gasteiger partial charge in [0.25, 0.3) is 0 Å². The summed E-state index contributed by atoms with van der Waals surface area (Å²) in [4.78, 5) is 14.7. The molecule has 0 amide bonds. The summed E-state index contributed by atoms with van der Waals surface area (Å²) < 4.78 is 4.73. The highest BCUT2D eigenvalue weighted by molar-refractivity contribution is 5.89. The Balaban J connectivity index is 4.30. The van der Waals surface area contributed by atoms with Gasteiger partial charge >= 0.3 is 5.97 Å². The first kappa shape index (κ1) is 10.7. The smallest absolute Gasteiger partial charge is 0.356 e. The first-order chi connectivity index (χ1) is 5.76. The highest BCUT2D eigenvalue weighted by atomic mass is 16.5. The van der Waals surface area contributed by atoms with Crippen LogP contribution in [0.15, 0.2) is 16.8 Å². The Bertz CT molecular complexity index is 197. The van der Waals surface area contributed by atoms with E-state index in [1.165, 1.54) is 0 Å². The van der Waals surface area contributed by atoms with Crippen molar-refractivity contribution in [1.29, 1.82) is 0 Å². The maximum Gasteiger partial charge on any atom is 0.356 e. The third-order valence-electron chi connectivity index (χ3n) is 1.10. The SMILES string of the molecule is CC/C=C(\N=CN)C(=O)OCC. The molecule has 0 radical (unpaired) electrons. The fourth-order valence-corrected chi connectivity index (χ4v) is 0.667. The maximum absolute atomic E-state index is 11.1. The summed E-state index contributed by atoms with van der Waals surface area (Å²) in [5.74, 6) is -0.430. The minimum absolute atomic E-state index is 0.266. The third kappa shape index (κ3) is 3.75. The zero-order valence-electron chi connectivity index (χ0n) is 7.41. The van der Waals surface area contributed by atoms with Crippen molar-refractivity contribution in [3.8, 4) is 0 Å². The fraction of sp³-hybridized carbons (Fsp3) is 0.500. The van der Waals surface area contributed by atoms with Gasteiger partial charge < -0.3 is 10.5 Å². The number of esters is 1. The van der Waals surface area contributed by atoms with Crippen LogP contribution < -0.4 is 5.73 Å². The average molecular weight is 170 g/mol. The number of nitrogens with two attached hydrogens (primary N) is 1. The Morgan fingerprint density at radius 1 is 1.58 bits per heavy atom. The number of carbonyl (C=O) groups is 1. The molecular weight excluding hydrogens is 156 g/mol. The summed E-state index contributed by atoms with van der Waals surface area (Å²) >= 11 is 0. The molecule has 2 N–H and O–H groups in total. The van der Waals surface area contributed by atoms with Gasteiger partial charge in [0, 0.05) is 0 Å². The van der Waals surface area contributed by atoms with Crippen LogP contribution in [-0.4, -0.2) is 18.9 Å². The van der Waals surface area contributed by atoms with Gasteiger partial charge in [-0.25, -0.2) is 9.79 Å². The molecule has 0 aromatic rings. The van der Waals surface area contributed by atoms with Gasteiger partial charge in [0.1, 0.15) is 5.70 Å². The molecular formula is C8H14N2O2. The Hall–Kier alpha value is -1.32. The van der Waals surface area contributed by atoms with Gasteiger partial charge in [-0.15, -0.1) is 0 Å². The lowest BCUT2D eigenvalue weighted by Gasteiger charge is -2.00. The first-order valence-corrected chi connectivity index (χ1v) is 3.87. The van der Waals surface area contributed by atoms with E-state index in [-0.39, 0.29) is 5.70 Å². The molecule has 0 aliphatic heterocycles. The Labute approximate surface area is 72.1 Å². The van der Waals surface area contributed by atoms with Crippen LogP contribution in [-0.2, 0) is 9.53 Å². The molecule has 0 spiro atoms. The van der Waals surface area contributed by atoms with Crippen LogP contribution in [0.5, 0.6) is 0 Å². The number of allylic oxidation sites excluding steroid dienone is 1. The highest BCUT2D eigenvalue weighted by Crippen LogP contribution is 2.00. The molecule has 0 aromatic carbocycles. The average Bonchev–Trinajstić information content (AvgIpc) is 2.04. The number of carbonyl (C=O) groups excluding carboxylic acids is 1. The van der Waals surface area contributed by atoms with Crippen molar-refractivity contribution in [1.82, 2.24) is 0 Å². The van der Waals surface area contributed by atoms with Crippen LogP contribution in [0, 0.1) is 0 Å². The van der Waals surface area contributed by atoms with E-state index in [2.05, 4.69) is 4.99 Å². The largest absolute Gasteiger partial charge is 0.461 e. The molecule has 0 fully saturated rings. The van der Waals surface area contributed by atoms with Crippen LogP contribution in [0.3, 0.4) is 0 Å². The maximum atomic E-state index is 11.1. The van der Waals surface area contributed by atoms with Crippen molar-refractivity contribution in [2.24, 2.45) is 10.7 Å². The fourth-order valence-electron chi connectivity index (χ4n) is 0.667. The zero-order chi connectivity index (χ0) is 9.40. The molecule has 12 heavy (non-hydrogen) atoms. The number of hydrogen-bond donors (Lipinski definition) is 1. The lowest BCUT2D eigenvalue weighted by molar-refractivity contribution is -0.138. The monoisotopic (exact) mass is 170 g/mol. The molecule has 4 heteroatoms. The Kier molecular flexibility index (Phi) is 5.69. The quantitative estimate of drug-likeness (QED) is 0.294. The summed E-state index contributed by atoms with van der Waals surface area (Å²) in [7, 11) is 0. The molecule has 0 rings (SSSR count). The Morgan fingerprint density at radius 2 is 2.25 bits per heavy atom. The molecule has 68 valence electrons. The summed E-state index contributed by atoms with van der Waals surface area (Å²) in [6.07, 6.45) is 3.48. The second-order valence-electron chi connectivity index (χ2n) is 2.00. The van der Waals surface area contributed by atoms with Gasteiger partial charge in [-0.05, 0) is 13.3 Å². The van der Waals surface area contributed by atoms with E-state index in [1.54, 1.807) is 13.0 Å². The molecule has 0 saturated carbocycles. The summed E-state index contributed by atoms with van der Waals surface area (Å²) in [5, 5.41) is 0. The predicted octanol–water partition coefficient (Wildman–Crippen LogP) is 0.830. The van der Waals surface area contributed by atoms with E-state index in [4.69, 9.17) is 10.5 Å². The van der Waals surface area contributed by atoms with E-state index in [1.807, 2.05) is 6.92 Å². The van der Waals surface area contributed by atoms with Crippen molar-refractivity contribution < 1.29 is 9.53 Å². The molecule has 0 heterocycles. The highest BCUT2D eigenvalue weighted by Gasteiger charge is 2.06. The van der Waals surface area contributed by atoms with Crippen LogP contribution in [0.4, 0.5) is 0 Å². The third-order valence-corrected chi connectivity index (χ3v) is 1.10. The van der Waals surface area contributed by atoms with E-state index < -0.39 is 5.97 Å². The standard InChI is InChI=1S/C8H14N2O2/c1-3-5-7(10-6-9)8(11)12-4-2/h5-6H,3-4H2,1-2H3,(H2,9,10)/b7-5-. The van der Waals surface area contributed by atoms with E-state index >= 15 is 0 Å². The van der Waals surface area contributed by atoms with Crippen LogP contribution in [0.1, 0.15) is 20.3 Å². The lowest BCUT2D eigenvalue weighted by atomic mass is 10.3. The van der Waals surface area contributed by atoms with Gasteiger partial charge in [0.05, 0.1) is 12.9 Å². The van der Waals surface area contributed by atoms with Crippen molar-refractivity contribution in [3.63, 3.8) is 0 Å². The van der Waals surface area contributed by atoms with Crippen molar-refractivity contribution >= 4 is 12.3 Å². The van der Waals surface area contributed by atoms with Gasteiger partial charge in [-0.2, -0.15) is 0 Å². The lowest BCUT2D eigenvalue weighted by Crippen LogP contribution is -2.07. The molecule has 0 aliphatic carbocycles. The van der Waals surface area contributed by atoms with Gasteiger partial charge in [0.15, 0.2) is 0 Å². The van der Waals surface area contributed by atoms with Crippen LogP contribution in [0.2, 0.25) is 0 Å². The van der Waals surface area contributed by atoms with E-state index in [0.717, 1.165) is 12.8 Å². The van der Waals surface area contributed by atoms with E-state index in [0.29, 0.717) is 6.61 Å². The molecule has 4 nitrogen and oxygen atoms in total. The second-order valence-corrected chi connectivity index (χ2v) is 2.00. The zero-order valence-corrected chi connectivity index (χ0v) is 7.41. The second kappa shape index (κ2) is 6.39. The molecule has 0 bridgehead atoms. The number of hydrogen-bond acceptors (Lipinski definition) is 3. The topological polar surface area (TPSA) is 64.7 Å². The van der Waals surface area contributed by atoms with Gasteiger partial charge in [-0.3, -0.25) is 0 Å². The number of ether oxygens (including phenoxy) is 1. The van der Waals surface area contributed by atoms with Crippen molar-refractivity contribution in [2.45, 2.75) is 20.3 Å². The molecule has 0 atom stereocenters. The van der Waals surface area contributed by atoms with E-state index in [9.17, 15) is 4.79 Å². The summed E-state index contributed by atoms with van der Waals surface area (Å²) in [6.45, 7) is 4.00. The van der Waals surface area contributed by atoms with Crippen molar-refractivity contribution in [2.75, 3.05) is 6.61 Å². The Morgan fingerprint density at radius 3 is 2.67 bits per heavy atom. The summed E-state index contributed by atoms with van der Waals surface area (Å²) in [5.41, 5.74) is 5.32. The number of nitrogens with zero attached hydrogens (tertiary/aromatic N) is 1. The predicted molar refractivity (Wildman–Crippen MR) is 47.7 cm³/mol. The number of rotatable bonds is 4. The first-order valence-electron chi connectivity index (χ1n) is 3.87. The normalized spacial score (nSPS) is 12.0. The summed E-state index contributed by atoms with van der Waals surface area (Å²) in [6, 6.07) is 0. The molecule has 0 aliphatic rings. The molecule has 0 aromatic heterocycles. The minimum Gasteiger partial charge on any atom is -0.461 e. The molecule has 0 saturated heterocycles.